The number of aromatic amines is 1. The topological polar surface area (TPSA) is 100 Å². The maximum absolute atomic E-state index is 12.3. The number of rotatable bonds is 7. The summed E-state index contributed by atoms with van der Waals surface area (Å²) in [6.45, 7) is 6.33. The highest BCUT2D eigenvalue weighted by Crippen LogP contribution is 2.13. The molecule has 0 aliphatic carbocycles. The lowest BCUT2D eigenvalue weighted by Gasteiger charge is -2.09. The molecule has 2 aromatic heterocycles. The van der Waals surface area contributed by atoms with Gasteiger partial charge in [-0.1, -0.05) is 13.8 Å². The van der Waals surface area contributed by atoms with Crippen LogP contribution in [0.1, 0.15) is 30.9 Å². The number of furan rings is 1. The van der Waals surface area contributed by atoms with Crippen LogP contribution in [-0.2, 0) is 23.1 Å². The Morgan fingerprint density at radius 1 is 1.33 bits per heavy atom. The van der Waals surface area contributed by atoms with Crippen molar-refractivity contribution < 1.29 is 12.8 Å². The fourth-order valence-corrected chi connectivity index (χ4v) is 2.91. The van der Waals surface area contributed by atoms with Crippen LogP contribution in [0.3, 0.4) is 0 Å². The van der Waals surface area contributed by atoms with Crippen molar-refractivity contribution in [1.29, 1.82) is 0 Å². The Labute approximate surface area is 124 Å². The van der Waals surface area contributed by atoms with E-state index in [-0.39, 0.29) is 17.6 Å². The maximum atomic E-state index is 12.3. The van der Waals surface area contributed by atoms with E-state index in [0.717, 1.165) is 5.76 Å². The molecule has 0 bridgehead atoms. The van der Waals surface area contributed by atoms with E-state index in [0.29, 0.717) is 17.9 Å². The molecule has 0 fully saturated rings. The quantitative estimate of drug-likeness (QED) is 0.715. The Kier molecular flexibility index (Phi) is 4.81. The lowest BCUT2D eigenvalue weighted by molar-refractivity contribution is 0.475. The smallest absolute Gasteiger partial charge is 0.258 e. The van der Waals surface area contributed by atoms with Crippen molar-refractivity contribution in [3.8, 4) is 0 Å². The molecule has 0 amide bonds. The molecular formula is C13H20N4O3S. The normalized spacial score (nSPS) is 12.2. The number of hydrogen-bond acceptors (Lipinski definition) is 5. The molecule has 0 saturated heterocycles. The summed E-state index contributed by atoms with van der Waals surface area (Å²) in [5.74, 6) is 1.31. The van der Waals surface area contributed by atoms with E-state index in [1.54, 1.807) is 12.1 Å². The molecule has 0 aliphatic rings. The van der Waals surface area contributed by atoms with Gasteiger partial charge in [0.05, 0.1) is 12.7 Å². The first-order valence-corrected chi connectivity index (χ1v) is 8.17. The van der Waals surface area contributed by atoms with Gasteiger partial charge in [-0.3, -0.25) is 5.10 Å². The van der Waals surface area contributed by atoms with E-state index >= 15 is 0 Å². The molecule has 2 heterocycles. The second kappa shape index (κ2) is 6.42. The van der Waals surface area contributed by atoms with Gasteiger partial charge in [-0.15, -0.1) is 0 Å². The molecule has 0 saturated carbocycles. The molecule has 0 radical (unpaired) electrons. The van der Waals surface area contributed by atoms with Gasteiger partial charge in [0, 0.05) is 18.2 Å². The molecule has 7 nitrogen and oxygen atoms in total. The third-order valence-corrected chi connectivity index (χ3v) is 4.30. The van der Waals surface area contributed by atoms with E-state index in [1.807, 2.05) is 20.8 Å². The van der Waals surface area contributed by atoms with Crippen LogP contribution in [0.5, 0.6) is 0 Å². The van der Waals surface area contributed by atoms with Crippen molar-refractivity contribution in [1.82, 2.24) is 20.2 Å². The van der Waals surface area contributed by atoms with E-state index in [9.17, 15) is 8.42 Å². The fraction of sp³-hybridized carbons (Fsp3) is 0.462. The van der Waals surface area contributed by atoms with Gasteiger partial charge in [0.1, 0.15) is 11.5 Å². The number of aryl methyl sites for hydroxylation is 1. The minimum absolute atomic E-state index is 0.0823. The average molecular weight is 312 g/mol. The Balaban J connectivity index is 2.07. The third kappa shape index (κ3) is 4.16. The van der Waals surface area contributed by atoms with Gasteiger partial charge < -0.3 is 9.73 Å². The monoisotopic (exact) mass is 312 g/mol. The summed E-state index contributed by atoms with van der Waals surface area (Å²) in [4.78, 5) is 0. The number of sulfonamides is 1. The van der Waals surface area contributed by atoms with Crippen LogP contribution in [-0.4, -0.2) is 24.7 Å². The number of H-pyrrole nitrogens is 1. The summed E-state index contributed by atoms with van der Waals surface area (Å²) in [6.07, 6.45) is 1.51. The second-order valence-electron chi connectivity index (χ2n) is 5.10. The highest BCUT2D eigenvalue weighted by molar-refractivity contribution is 7.89. The summed E-state index contributed by atoms with van der Waals surface area (Å²) in [5.41, 5.74) is 0.604. The summed E-state index contributed by atoms with van der Waals surface area (Å²) < 4.78 is 32.4. The van der Waals surface area contributed by atoms with Crippen molar-refractivity contribution >= 4 is 10.0 Å². The Morgan fingerprint density at radius 2 is 2.10 bits per heavy atom. The Hall–Kier alpha value is -1.64. The van der Waals surface area contributed by atoms with Crippen LogP contribution in [0.25, 0.3) is 0 Å². The van der Waals surface area contributed by atoms with Crippen molar-refractivity contribution in [2.45, 2.75) is 44.9 Å². The first-order chi connectivity index (χ1) is 9.88. The zero-order valence-corrected chi connectivity index (χ0v) is 13.1. The molecule has 0 spiro atoms. The molecule has 0 unspecified atom stereocenters. The molecule has 3 N–H and O–H groups in total. The second-order valence-corrected chi connectivity index (χ2v) is 6.80. The van der Waals surface area contributed by atoms with Crippen molar-refractivity contribution in [2.24, 2.45) is 0 Å². The minimum atomic E-state index is -3.65. The molecule has 0 aliphatic heterocycles. The Morgan fingerprint density at radius 3 is 2.71 bits per heavy atom. The molecule has 21 heavy (non-hydrogen) atoms. The van der Waals surface area contributed by atoms with Crippen LogP contribution < -0.4 is 10.0 Å². The van der Waals surface area contributed by atoms with E-state index < -0.39 is 10.0 Å². The Bertz CT molecular complexity index is 688. The van der Waals surface area contributed by atoms with Crippen molar-refractivity contribution in [2.75, 3.05) is 0 Å². The van der Waals surface area contributed by atoms with Crippen molar-refractivity contribution in [3.05, 3.63) is 35.4 Å². The molecule has 0 aromatic carbocycles. The van der Waals surface area contributed by atoms with Crippen LogP contribution in [0.4, 0.5) is 0 Å². The van der Waals surface area contributed by atoms with Gasteiger partial charge in [0.2, 0.25) is 0 Å². The molecule has 116 valence electrons. The summed E-state index contributed by atoms with van der Waals surface area (Å²) in [6, 6.07) is 3.79. The van der Waals surface area contributed by atoms with Crippen molar-refractivity contribution in [3.63, 3.8) is 0 Å². The van der Waals surface area contributed by atoms with Crippen LogP contribution in [0.2, 0.25) is 0 Å². The molecule has 0 atom stereocenters. The van der Waals surface area contributed by atoms with E-state index in [2.05, 4.69) is 20.2 Å². The van der Waals surface area contributed by atoms with Gasteiger partial charge in [-0.05, 0) is 19.1 Å². The van der Waals surface area contributed by atoms with Gasteiger partial charge in [-0.2, -0.15) is 5.10 Å². The number of nitrogens with zero attached hydrogens (tertiary/aromatic N) is 1. The largest absolute Gasteiger partial charge is 0.465 e. The third-order valence-electron chi connectivity index (χ3n) is 2.88. The van der Waals surface area contributed by atoms with Gasteiger partial charge >= 0.3 is 0 Å². The fourth-order valence-electron chi connectivity index (χ4n) is 1.79. The SMILES string of the molecule is Cc1ccc(CNS(=O)(=O)c2[nH]ncc2CNC(C)C)o1. The predicted molar refractivity (Wildman–Crippen MR) is 78.0 cm³/mol. The number of hydrogen-bond donors (Lipinski definition) is 3. The zero-order chi connectivity index (χ0) is 15.5. The van der Waals surface area contributed by atoms with E-state index in [1.165, 1.54) is 6.20 Å². The molecule has 2 aromatic rings. The molecule has 8 heteroatoms. The number of nitrogens with one attached hydrogen (secondary N) is 3. The van der Waals surface area contributed by atoms with Crippen LogP contribution in [0.15, 0.2) is 27.8 Å². The zero-order valence-electron chi connectivity index (χ0n) is 12.3. The van der Waals surface area contributed by atoms with Gasteiger partial charge in [0.15, 0.2) is 5.03 Å². The average Bonchev–Trinajstić information content (AvgIpc) is 3.03. The van der Waals surface area contributed by atoms with Crippen LogP contribution in [0, 0.1) is 6.92 Å². The first-order valence-electron chi connectivity index (χ1n) is 6.69. The van der Waals surface area contributed by atoms with Gasteiger partial charge in [0.25, 0.3) is 10.0 Å². The lowest BCUT2D eigenvalue weighted by Crippen LogP contribution is -2.27. The number of aromatic nitrogens is 2. The first kappa shape index (κ1) is 15.7. The van der Waals surface area contributed by atoms with Crippen LogP contribution >= 0.6 is 0 Å². The minimum Gasteiger partial charge on any atom is -0.465 e. The summed E-state index contributed by atoms with van der Waals surface area (Å²) in [5, 5.41) is 9.61. The van der Waals surface area contributed by atoms with Gasteiger partial charge in [-0.25, -0.2) is 13.1 Å². The lowest BCUT2D eigenvalue weighted by atomic mass is 10.3. The van der Waals surface area contributed by atoms with E-state index in [4.69, 9.17) is 4.42 Å². The standard InChI is InChI=1S/C13H20N4O3S/c1-9(2)14-6-11-7-15-17-13(11)21(18,19)16-8-12-5-4-10(3)20-12/h4-5,7,9,14,16H,6,8H2,1-3H3,(H,15,17). The molecule has 2 rings (SSSR count). The predicted octanol–water partition coefficient (Wildman–Crippen LogP) is 1.29. The maximum Gasteiger partial charge on any atom is 0.258 e. The molecular weight excluding hydrogens is 292 g/mol. The summed E-state index contributed by atoms with van der Waals surface area (Å²) >= 11 is 0. The summed E-state index contributed by atoms with van der Waals surface area (Å²) in [7, 11) is -3.65. The highest BCUT2D eigenvalue weighted by Gasteiger charge is 2.21. The highest BCUT2D eigenvalue weighted by atomic mass is 32.2.